The maximum Gasteiger partial charge on any atom is 0.271 e. The Morgan fingerprint density at radius 2 is 2.04 bits per heavy atom. The molecule has 6 heteroatoms. The zero-order chi connectivity index (χ0) is 17.1. The minimum Gasteiger partial charge on any atom is -0.497 e. The number of amides is 1. The molecule has 1 N–H and O–H groups in total. The number of nitrogens with zero attached hydrogens (tertiary/aromatic N) is 3. The van der Waals surface area contributed by atoms with Crippen LogP contribution in [-0.4, -0.2) is 54.9 Å². The number of carbonyl (C=O) groups is 1. The van der Waals surface area contributed by atoms with Crippen molar-refractivity contribution in [2.45, 2.75) is 18.8 Å². The van der Waals surface area contributed by atoms with Crippen LogP contribution >= 0.6 is 0 Å². The minimum absolute atomic E-state index is 0.119. The third-order valence-corrected chi connectivity index (χ3v) is 4.13. The highest BCUT2D eigenvalue weighted by Gasteiger charge is 2.29. The van der Waals surface area contributed by atoms with Gasteiger partial charge in [-0.1, -0.05) is 0 Å². The fraction of sp³-hybridized carbons (Fsp3) is 0.444. The summed E-state index contributed by atoms with van der Waals surface area (Å²) in [5, 5.41) is 7.47. The molecule has 0 radical (unpaired) electrons. The van der Waals surface area contributed by atoms with Crippen LogP contribution in [0.2, 0.25) is 0 Å². The Hall–Kier alpha value is -2.34. The third-order valence-electron chi connectivity index (χ3n) is 4.13. The highest BCUT2D eigenvalue weighted by Crippen LogP contribution is 2.41. The largest absolute Gasteiger partial charge is 0.497 e. The number of hydrogen-bond donors (Lipinski definition) is 1. The van der Waals surface area contributed by atoms with Gasteiger partial charge >= 0.3 is 0 Å². The first-order valence-corrected chi connectivity index (χ1v) is 8.26. The minimum atomic E-state index is -0.119. The Bertz CT molecular complexity index is 702. The summed E-state index contributed by atoms with van der Waals surface area (Å²) in [6.07, 6.45) is 2.31. The topological polar surface area (TPSA) is 59.4 Å². The molecule has 0 saturated heterocycles. The molecular formula is C18H24N4O2. The molecule has 1 aromatic heterocycles. The summed E-state index contributed by atoms with van der Waals surface area (Å²) in [5.74, 6) is 1.19. The molecule has 6 nitrogen and oxygen atoms in total. The van der Waals surface area contributed by atoms with E-state index in [2.05, 4.69) is 10.4 Å². The second kappa shape index (κ2) is 7.05. The van der Waals surface area contributed by atoms with Crippen LogP contribution in [0.25, 0.3) is 5.69 Å². The van der Waals surface area contributed by atoms with Gasteiger partial charge in [-0.2, -0.15) is 5.10 Å². The van der Waals surface area contributed by atoms with Crippen LogP contribution < -0.4 is 10.1 Å². The summed E-state index contributed by atoms with van der Waals surface area (Å²) in [7, 11) is 5.61. The first-order valence-electron chi connectivity index (χ1n) is 8.26. The lowest BCUT2D eigenvalue weighted by Gasteiger charge is -2.09. The molecule has 1 aliphatic carbocycles. The Kier molecular flexibility index (Phi) is 4.85. The van der Waals surface area contributed by atoms with Crippen molar-refractivity contribution in [3.8, 4) is 11.4 Å². The molecule has 2 aromatic rings. The number of benzene rings is 1. The van der Waals surface area contributed by atoms with Gasteiger partial charge in [-0.05, 0) is 57.3 Å². The number of ether oxygens (including phenoxy) is 1. The number of rotatable bonds is 7. The molecule has 3 rings (SSSR count). The maximum atomic E-state index is 12.3. The van der Waals surface area contributed by atoms with Gasteiger partial charge in [0.2, 0.25) is 0 Å². The van der Waals surface area contributed by atoms with Crippen molar-refractivity contribution >= 4 is 5.91 Å². The summed E-state index contributed by atoms with van der Waals surface area (Å²) in [6.45, 7) is 1.42. The quantitative estimate of drug-likeness (QED) is 0.845. The molecule has 0 atom stereocenters. The lowest BCUT2D eigenvalue weighted by molar-refractivity contribution is 0.0945. The average Bonchev–Trinajstić information content (AvgIpc) is 3.33. The summed E-state index contributed by atoms with van der Waals surface area (Å²) in [5.41, 5.74) is 2.54. The van der Waals surface area contributed by atoms with Crippen molar-refractivity contribution in [3.63, 3.8) is 0 Å². The van der Waals surface area contributed by atoms with E-state index in [4.69, 9.17) is 4.74 Å². The molecule has 0 unspecified atom stereocenters. The summed E-state index contributed by atoms with van der Waals surface area (Å²) >= 11 is 0. The number of likely N-dealkylation sites (N-methyl/N-ethyl adjacent to an activating group) is 1. The van der Waals surface area contributed by atoms with Crippen LogP contribution in [0.5, 0.6) is 5.75 Å². The van der Waals surface area contributed by atoms with Crippen molar-refractivity contribution in [2.24, 2.45) is 0 Å². The number of nitrogens with one attached hydrogen (secondary N) is 1. The van der Waals surface area contributed by atoms with Crippen molar-refractivity contribution in [1.29, 1.82) is 0 Å². The highest BCUT2D eigenvalue weighted by molar-refractivity contribution is 5.92. The van der Waals surface area contributed by atoms with Crippen LogP contribution in [0.1, 0.15) is 34.9 Å². The molecule has 0 spiro atoms. The van der Waals surface area contributed by atoms with Crippen molar-refractivity contribution in [1.82, 2.24) is 20.0 Å². The van der Waals surface area contributed by atoms with Crippen molar-refractivity contribution in [3.05, 3.63) is 41.7 Å². The zero-order valence-corrected chi connectivity index (χ0v) is 14.5. The van der Waals surface area contributed by atoms with E-state index < -0.39 is 0 Å². The summed E-state index contributed by atoms with van der Waals surface area (Å²) < 4.78 is 7.09. The standard InChI is InChI=1S/C18H24N4O2/c1-21(2)11-10-19-18(23)16-12-17(13-4-5-13)22(20-16)14-6-8-15(24-3)9-7-14/h6-9,12-13H,4-5,10-11H2,1-3H3,(H,19,23). The molecule has 1 aromatic carbocycles. The molecule has 1 saturated carbocycles. The molecule has 1 amide bonds. The normalized spacial score (nSPS) is 14.0. The van der Waals surface area contributed by atoms with Gasteiger partial charge in [-0.15, -0.1) is 0 Å². The molecule has 1 fully saturated rings. The van der Waals surface area contributed by atoms with E-state index in [0.29, 0.717) is 18.2 Å². The van der Waals surface area contributed by atoms with Crippen LogP contribution in [-0.2, 0) is 0 Å². The lowest BCUT2D eigenvalue weighted by atomic mass is 10.2. The maximum absolute atomic E-state index is 12.3. The predicted octanol–water partition coefficient (Wildman–Crippen LogP) is 2.05. The van der Waals surface area contributed by atoms with Gasteiger partial charge in [0, 0.05) is 24.7 Å². The van der Waals surface area contributed by atoms with Crippen LogP contribution in [0, 0.1) is 0 Å². The molecular weight excluding hydrogens is 304 g/mol. The van der Waals surface area contributed by atoms with E-state index in [-0.39, 0.29) is 5.91 Å². The Morgan fingerprint density at radius 1 is 1.33 bits per heavy atom. The highest BCUT2D eigenvalue weighted by atomic mass is 16.5. The fourth-order valence-corrected chi connectivity index (χ4v) is 2.59. The van der Waals surface area contributed by atoms with Gasteiger partial charge in [0.25, 0.3) is 5.91 Å². The monoisotopic (exact) mass is 328 g/mol. The molecule has 24 heavy (non-hydrogen) atoms. The number of methoxy groups -OCH3 is 1. The van der Waals surface area contributed by atoms with Crippen molar-refractivity contribution < 1.29 is 9.53 Å². The summed E-state index contributed by atoms with van der Waals surface area (Å²) in [4.78, 5) is 14.4. The van der Waals surface area contributed by atoms with E-state index in [1.54, 1.807) is 7.11 Å². The smallest absolute Gasteiger partial charge is 0.271 e. The van der Waals surface area contributed by atoms with Gasteiger partial charge in [0.05, 0.1) is 12.8 Å². The SMILES string of the molecule is COc1ccc(-n2nc(C(=O)NCCN(C)C)cc2C2CC2)cc1. The second-order valence-electron chi connectivity index (χ2n) is 6.40. The van der Waals surface area contributed by atoms with E-state index in [1.807, 2.05) is 54.0 Å². The van der Waals surface area contributed by atoms with E-state index >= 15 is 0 Å². The van der Waals surface area contributed by atoms with Gasteiger partial charge < -0.3 is 15.0 Å². The number of aromatic nitrogens is 2. The Labute approximate surface area is 142 Å². The van der Waals surface area contributed by atoms with E-state index in [1.165, 1.54) is 0 Å². The van der Waals surface area contributed by atoms with Gasteiger partial charge in [0.1, 0.15) is 5.75 Å². The number of carbonyl (C=O) groups excluding carboxylic acids is 1. The predicted molar refractivity (Wildman–Crippen MR) is 93.0 cm³/mol. The van der Waals surface area contributed by atoms with E-state index in [0.717, 1.165) is 36.5 Å². The van der Waals surface area contributed by atoms with E-state index in [9.17, 15) is 4.79 Å². The van der Waals surface area contributed by atoms with Crippen LogP contribution in [0.4, 0.5) is 0 Å². The Morgan fingerprint density at radius 3 is 2.62 bits per heavy atom. The Balaban J connectivity index is 1.81. The first kappa shape index (κ1) is 16.5. The van der Waals surface area contributed by atoms with Gasteiger partial charge in [-0.3, -0.25) is 4.79 Å². The fourth-order valence-electron chi connectivity index (χ4n) is 2.59. The lowest BCUT2D eigenvalue weighted by Crippen LogP contribution is -2.31. The molecule has 1 aliphatic rings. The average molecular weight is 328 g/mol. The first-order chi connectivity index (χ1) is 11.6. The third kappa shape index (κ3) is 3.76. The van der Waals surface area contributed by atoms with Gasteiger partial charge in [-0.25, -0.2) is 4.68 Å². The molecule has 128 valence electrons. The zero-order valence-electron chi connectivity index (χ0n) is 14.5. The van der Waals surface area contributed by atoms with Crippen LogP contribution in [0.15, 0.2) is 30.3 Å². The summed E-state index contributed by atoms with van der Waals surface area (Å²) in [6, 6.07) is 9.67. The van der Waals surface area contributed by atoms with Crippen molar-refractivity contribution in [2.75, 3.05) is 34.3 Å². The molecule has 0 aliphatic heterocycles. The second-order valence-corrected chi connectivity index (χ2v) is 6.40. The molecule has 0 bridgehead atoms. The number of hydrogen-bond acceptors (Lipinski definition) is 4. The van der Waals surface area contributed by atoms with Gasteiger partial charge in [0.15, 0.2) is 5.69 Å². The van der Waals surface area contributed by atoms with Crippen LogP contribution in [0.3, 0.4) is 0 Å². The molecule has 1 heterocycles.